The van der Waals surface area contributed by atoms with Crippen molar-refractivity contribution in [2.75, 3.05) is 0 Å². The van der Waals surface area contributed by atoms with Gasteiger partial charge in [0.05, 0.1) is 22.5 Å². The molecular formula is C13H9FN2S. The Labute approximate surface area is 102 Å². The molecule has 3 rings (SSSR count). The number of hydrogen-bond donors (Lipinski definition) is 0. The SMILES string of the molecule is Fc1ccc(-n2nccc2-c2cccs2)cc1. The Balaban J connectivity index is 2.10. The van der Waals surface area contributed by atoms with Gasteiger partial charge in [-0.1, -0.05) is 6.07 Å². The number of nitrogens with zero attached hydrogens (tertiary/aromatic N) is 2. The van der Waals surface area contributed by atoms with Crippen LogP contribution in [0.1, 0.15) is 0 Å². The highest BCUT2D eigenvalue weighted by molar-refractivity contribution is 7.13. The van der Waals surface area contributed by atoms with Gasteiger partial charge in [-0.2, -0.15) is 5.10 Å². The van der Waals surface area contributed by atoms with Crippen molar-refractivity contribution in [2.45, 2.75) is 0 Å². The molecule has 4 heteroatoms. The van der Waals surface area contributed by atoms with Crippen molar-refractivity contribution in [3.05, 3.63) is 59.9 Å². The van der Waals surface area contributed by atoms with Crippen LogP contribution in [0.2, 0.25) is 0 Å². The van der Waals surface area contributed by atoms with E-state index in [4.69, 9.17) is 0 Å². The molecule has 84 valence electrons. The molecule has 0 saturated heterocycles. The van der Waals surface area contributed by atoms with Crippen molar-refractivity contribution in [3.63, 3.8) is 0 Å². The van der Waals surface area contributed by atoms with Gasteiger partial charge in [-0.05, 0) is 41.8 Å². The highest BCUT2D eigenvalue weighted by Gasteiger charge is 2.07. The molecule has 0 fully saturated rings. The zero-order valence-electron chi connectivity index (χ0n) is 8.88. The van der Waals surface area contributed by atoms with Crippen LogP contribution in [0.5, 0.6) is 0 Å². The first-order valence-electron chi connectivity index (χ1n) is 5.18. The number of benzene rings is 1. The second kappa shape index (κ2) is 4.14. The predicted octanol–water partition coefficient (Wildman–Crippen LogP) is 3.74. The molecule has 0 N–H and O–H groups in total. The van der Waals surface area contributed by atoms with E-state index in [2.05, 4.69) is 5.10 Å². The number of thiophene rings is 1. The lowest BCUT2D eigenvalue weighted by Crippen LogP contribution is -1.97. The van der Waals surface area contributed by atoms with E-state index in [0.717, 1.165) is 16.3 Å². The summed E-state index contributed by atoms with van der Waals surface area (Å²) in [5.74, 6) is -0.237. The molecular weight excluding hydrogens is 235 g/mol. The summed E-state index contributed by atoms with van der Waals surface area (Å²) in [6, 6.07) is 12.3. The second-order valence-electron chi connectivity index (χ2n) is 3.58. The molecule has 17 heavy (non-hydrogen) atoms. The Morgan fingerprint density at radius 3 is 2.59 bits per heavy atom. The van der Waals surface area contributed by atoms with E-state index >= 15 is 0 Å². The summed E-state index contributed by atoms with van der Waals surface area (Å²) in [7, 11) is 0. The van der Waals surface area contributed by atoms with E-state index in [1.165, 1.54) is 12.1 Å². The van der Waals surface area contributed by atoms with Gasteiger partial charge in [-0.25, -0.2) is 9.07 Å². The third-order valence-electron chi connectivity index (χ3n) is 2.49. The van der Waals surface area contributed by atoms with Crippen LogP contribution in [0.25, 0.3) is 16.3 Å². The molecule has 2 nitrogen and oxygen atoms in total. The molecule has 0 aliphatic heterocycles. The third-order valence-corrected chi connectivity index (χ3v) is 3.38. The van der Waals surface area contributed by atoms with Gasteiger partial charge in [0.2, 0.25) is 0 Å². The smallest absolute Gasteiger partial charge is 0.123 e. The first kappa shape index (κ1) is 10.2. The zero-order valence-corrected chi connectivity index (χ0v) is 9.69. The number of hydrogen-bond acceptors (Lipinski definition) is 2. The Morgan fingerprint density at radius 1 is 1.06 bits per heavy atom. The molecule has 0 aliphatic carbocycles. The van der Waals surface area contributed by atoms with Crippen molar-refractivity contribution < 1.29 is 4.39 Å². The Bertz CT molecular complexity index is 611. The van der Waals surface area contributed by atoms with Gasteiger partial charge in [-0.15, -0.1) is 11.3 Å². The maximum Gasteiger partial charge on any atom is 0.123 e. The van der Waals surface area contributed by atoms with Gasteiger partial charge in [0.15, 0.2) is 0 Å². The Kier molecular flexibility index (Phi) is 2.49. The van der Waals surface area contributed by atoms with E-state index < -0.39 is 0 Å². The molecule has 2 aromatic heterocycles. The van der Waals surface area contributed by atoms with Crippen molar-refractivity contribution in [2.24, 2.45) is 0 Å². The lowest BCUT2D eigenvalue weighted by Gasteiger charge is -2.05. The minimum absolute atomic E-state index is 0.237. The van der Waals surface area contributed by atoms with E-state index in [0.29, 0.717) is 0 Å². The van der Waals surface area contributed by atoms with Crippen LogP contribution in [0.4, 0.5) is 4.39 Å². The summed E-state index contributed by atoms with van der Waals surface area (Å²) < 4.78 is 14.7. The summed E-state index contributed by atoms with van der Waals surface area (Å²) >= 11 is 1.66. The summed E-state index contributed by atoms with van der Waals surface area (Å²) in [6.07, 6.45) is 1.75. The minimum Gasteiger partial charge on any atom is -0.232 e. The Morgan fingerprint density at radius 2 is 1.88 bits per heavy atom. The van der Waals surface area contributed by atoms with E-state index in [-0.39, 0.29) is 5.82 Å². The van der Waals surface area contributed by atoms with Crippen molar-refractivity contribution >= 4 is 11.3 Å². The fourth-order valence-electron chi connectivity index (χ4n) is 1.70. The largest absolute Gasteiger partial charge is 0.232 e. The van der Waals surface area contributed by atoms with E-state index in [1.54, 1.807) is 29.7 Å². The second-order valence-corrected chi connectivity index (χ2v) is 4.53. The van der Waals surface area contributed by atoms with Gasteiger partial charge in [0, 0.05) is 0 Å². The molecule has 0 spiro atoms. The van der Waals surface area contributed by atoms with Crippen LogP contribution >= 0.6 is 11.3 Å². The number of aromatic nitrogens is 2. The molecule has 3 aromatic rings. The van der Waals surface area contributed by atoms with Crippen LogP contribution in [0.15, 0.2) is 54.0 Å². The first-order chi connectivity index (χ1) is 8.34. The molecule has 0 amide bonds. The summed E-state index contributed by atoms with van der Waals surface area (Å²) in [4.78, 5) is 1.15. The van der Waals surface area contributed by atoms with Gasteiger partial charge in [0.25, 0.3) is 0 Å². The van der Waals surface area contributed by atoms with Gasteiger partial charge in [0.1, 0.15) is 5.82 Å². The summed E-state index contributed by atoms with van der Waals surface area (Å²) in [6.45, 7) is 0. The maximum absolute atomic E-state index is 12.9. The van der Waals surface area contributed by atoms with Crippen molar-refractivity contribution in [1.82, 2.24) is 9.78 Å². The van der Waals surface area contributed by atoms with Crippen LogP contribution in [0, 0.1) is 5.82 Å². The molecule has 1 aromatic carbocycles. The summed E-state index contributed by atoms with van der Waals surface area (Å²) in [5.41, 5.74) is 1.88. The molecule has 0 bridgehead atoms. The molecule has 0 aliphatic rings. The zero-order chi connectivity index (χ0) is 11.7. The van der Waals surface area contributed by atoms with Crippen LogP contribution in [0.3, 0.4) is 0 Å². The van der Waals surface area contributed by atoms with Crippen LogP contribution < -0.4 is 0 Å². The first-order valence-corrected chi connectivity index (χ1v) is 6.06. The quantitative estimate of drug-likeness (QED) is 0.671. The standard InChI is InChI=1S/C13H9FN2S/c14-10-3-5-11(6-4-10)16-12(7-8-15-16)13-2-1-9-17-13/h1-9H. The van der Waals surface area contributed by atoms with Gasteiger partial charge in [-0.3, -0.25) is 0 Å². The molecule has 0 atom stereocenters. The Hall–Kier alpha value is -1.94. The highest BCUT2D eigenvalue weighted by atomic mass is 32.1. The fraction of sp³-hybridized carbons (Fsp3) is 0. The average molecular weight is 244 g/mol. The normalized spacial score (nSPS) is 10.6. The maximum atomic E-state index is 12.9. The van der Waals surface area contributed by atoms with E-state index in [1.807, 2.05) is 28.3 Å². The molecule has 2 heterocycles. The van der Waals surface area contributed by atoms with Crippen molar-refractivity contribution in [3.8, 4) is 16.3 Å². The predicted molar refractivity (Wildman–Crippen MR) is 66.8 cm³/mol. The lowest BCUT2D eigenvalue weighted by molar-refractivity contribution is 0.627. The fourth-order valence-corrected chi connectivity index (χ4v) is 2.44. The van der Waals surface area contributed by atoms with Crippen LogP contribution in [-0.2, 0) is 0 Å². The monoisotopic (exact) mass is 244 g/mol. The highest BCUT2D eigenvalue weighted by Crippen LogP contribution is 2.26. The number of halogens is 1. The minimum atomic E-state index is -0.237. The van der Waals surface area contributed by atoms with Crippen LogP contribution in [-0.4, -0.2) is 9.78 Å². The topological polar surface area (TPSA) is 17.8 Å². The molecule has 0 saturated carbocycles. The van der Waals surface area contributed by atoms with Gasteiger partial charge >= 0.3 is 0 Å². The third kappa shape index (κ3) is 1.87. The van der Waals surface area contributed by atoms with Gasteiger partial charge < -0.3 is 0 Å². The lowest BCUT2D eigenvalue weighted by atomic mass is 10.3. The number of rotatable bonds is 2. The summed E-state index contributed by atoms with van der Waals surface area (Å²) in [5, 5.41) is 6.30. The average Bonchev–Trinajstić information content (AvgIpc) is 3.00. The van der Waals surface area contributed by atoms with E-state index in [9.17, 15) is 4.39 Å². The van der Waals surface area contributed by atoms with Crippen molar-refractivity contribution in [1.29, 1.82) is 0 Å². The molecule has 0 radical (unpaired) electrons. The molecule has 0 unspecified atom stereocenters.